The summed E-state index contributed by atoms with van der Waals surface area (Å²) in [5.41, 5.74) is 6.56. The Morgan fingerprint density at radius 3 is 2.60 bits per heavy atom. The number of ether oxygens (including phenoxy) is 1. The Kier molecular flexibility index (Phi) is 6.20. The highest BCUT2D eigenvalue weighted by Crippen LogP contribution is 2.20. The number of alkyl halides is 2. The predicted molar refractivity (Wildman–Crippen MR) is 57.5 cm³/mol. The van der Waals surface area contributed by atoms with Crippen molar-refractivity contribution in [1.82, 2.24) is 0 Å². The number of benzene rings is 1. The highest BCUT2D eigenvalue weighted by molar-refractivity contribution is 5.85. The second-order valence-corrected chi connectivity index (χ2v) is 2.97. The molecule has 0 unspecified atom stereocenters. The third-order valence-corrected chi connectivity index (χ3v) is 1.95. The molecular weight excluding hydrogens is 224 g/mol. The molecule has 0 fully saturated rings. The lowest BCUT2D eigenvalue weighted by atomic mass is 10.1. The molecule has 5 heteroatoms. The summed E-state index contributed by atoms with van der Waals surface area (Å²) in [4.78, 5) is 0. The van der Waals surface area contributed by atoms with E-state index >= 15 is 0 Å². The van der Waals surface area contributed by atoms with Gasteiger partial charge in [0.2, 0.25) is 0 Å². The summed E-state index contributed by atoms with van der Waals surface area (Å²) in [6.45, 7) is -0.853. The molecule has 0 saturated heterocycles. The summed E-state index contributed by atoms with van der Waals surface area (Å²) >= 11 is 0. The normalized spacial score (nSPS) is 12.1. The molecule has 0 amide bonds. The van der Waals surface area contributed by atoms with Crippen molar-refractivity contribution in [2.45, 2.75) is 26.0 Å². The molecule has 0 saturated carbocycles. The van der Waals surface area contributed by atoms with Crippen molar-refractivity contribution < 1.29 is 13.5 Å². The fourth-order valence-corrected chi connectivity index (χ4v) is 1.16. The maximum absolute atomic E-state index is 11.9. The predicted octanol–water partition coefficient (Wildman–Crippen LogP) is 3.12. The van der Waals surface area contributed by atoms with Crippen LogP contribution in [-0.4, -0.2) is 6.61 Å². The lowest BCUT2D eigenvalue weighted by molar-refractivity contribution is -0.0498. The minimum absolute atomic E-state index is 0. The number of hydrogen-bond donors (Lipinski definition) is 1. The van der Waals surface area contributed by atoms with Crippen LogP contribution in [0.4, 0.5) is 8.78 Å². The van der Waals surface area contributed by atoms with Gasteiger partial charge in [0.15, 0.2) is 0 Å². The molecule has 1 aromatic rings. The molecule has 2 N–H and O–H groups in total. The SMILES string of the molecule is CC[C@@H](N)c1cccc(OC(F)F)c1.Cl. The third-order valence-electron chi connectivity index (χ3n) is 1.95. The van der Waals surface area contributed by atoms with E-state index < -0.39 is 6.61 Å². The number of rotatable bonds is 4. The Hall–Kier alpha value is -0.870. The van der Waals surface area contributed by atoms with E-state index in [9.17, 15) is 8.78 Å². The van der Waals surface area contributed by atoms with E-state index in [1.165, 1.54) is 6.07 Å². The van der Waals surface area contributed by atoms with Crippen molar-refractivity contribution in [3.8, 4) is 5.75 Å². The first-order valence-corrected chi connectivity index (χ1v) is 4.43. The van der Waals surface area contributed by atoms with Crippen LogP contribution in [0, 0.1) is 0 Å². The first kappa shape index (κ1) is 14.1. The maximum Gasteiger partial charge on any atom is 0.387 e. The van der Waals surface area contributed by atoms with Crippen LogP contribution in [0.1, 0.15) is 24.9 Å². The molecule has 0 heterocycles. The molecule has 86 valence electrons. The van der Waals surface area contributed by atoms with Crippen LogP contribution in [0.2, 0.25) is 0 Å². The lowest BCUT2D eigenvalue weighted by Crippen LogP contribution is -2.09. The van der Waals surface area contributed by atoms with Gasteiger partial charge in [-0.25, -0.2) is 0 Å². The van der Waals surface area contributed by atoms with Gasteiger partial charge in [0.1, 0.15) is 5.75 Å². The zero-order valence-electron chi connectivity index (χ0n) is 8.32. The minimum Gasteiger partial charge on any atom is -0.435 e. The molecule has 0 aliphatic heterocycles. The van der Waals surface area contributed by atoms with Crippen molar-refractivity contribution in [1.29, 1.82) is 0 Å². The van der Waals surface area contributed by atoms with E-state index in [-0.39, 0.29) is 24.2 Å². The molecule has 1 aromatic carbocycles. The molecule has 2 nitrogen and oxygen atoms in total. The molecule has 1 atom stereocenters. The number of halogens is 3. The Morgan fingerprint density at radius 1 is 1.40 bits per heavy atom. The minimum atomic E-state index is -2.79. The molecule has 0 aliphatic carbocycles. The van der Waals surface area contributed by atoms with Gasteiger partial charge < -0.3 is 10.5 Å². The van der Waals surface area contributed by atoms with Crippen LogP contribution in [0.25, 0.3) is 0 Å². The Balaban J connectivity index is 0.00000196. The maximum atomic E-state index is 11.9. The average Bonchev–Trinajstić information content (AvgIpc) is 2.16. The van der Waals surface area contributed by atoms with Gasteiger partial charge in [0.05, 0.1) is 0 Å². The Morgan fingerprint density at radius 2 is 2.07 bits per heavy atom. The standard InChI is InChI=1S/C10H13F2NO.ClH/c1-2-9(13)7-4-3-5-8(6-7)14-10(11)12;/h3-6,9-10H,2,13H2,1H3;1H/t9-;/m1./s1. The topological polar surface area (TPSA) is 35.2 Å². The smallest absolute Gasteiger partial charge is 0.387 e. The summed E-state index contributed by atoms with van der Waals surface area (Å²) in [6.07, 6.45) is 0.762. The zero-order valence-corrected chi connectivity index (χ0v) is 9.14. The van der Waals surface area contributed by atoms with Crippen molar-refractivity contribution in [3.05, 3.63) is 29.8 Å². The fraction of sp³-hybridized carbons (Fsp3) is 0.400. The van der Waals surface area contributed by atoms with Crippen molar-refractivity contribution in [2.24, 2.45) is 5.73 Å². The first-order valence-electron chi connectivity index (χ1n) is 4.43. The van der Waals surface area contributed by atoms with Gasteiger partial charge in [0, 0.05) is 6.04 Å². The summed E-state index contributed by atoms with van der Waals surface area (Å²) in [5, 5.41) is 0. The summed E-state index contributed by atoms with van der Waals surface area (Å²) in [5.74, 6) is 0.154. The molecule has 15 heavy (non-hydrogen) atoms. The highest BCUT2D eigenvalue weighted by Gasteiger charge is 2.07. The molecule has 1 rings (SSSR count). The first-order chi connectivity index (χ1) is 6.63. The summed E-state index contributed by atoms with van der Waals surface area (Å²) < 4.78 is 28.0. The van der Waals surface area contributed by atoms with Crippen LogP contribution in [0.15, 0.2) is 24.3 Å². The quantitative estimate of drug-likeness (QED) is 0.873. The van der Waals surface area contributed by atoms with Crippen molar-refractivity contribution in [3.63, 3.8) is 0 Å². The lowest BCUT2D eigenvalue weighted by Gasteiger charge is -2.11. The molecular formula is C10H14ClF2NO. The van der Waals surface area contributed by atoms with Gasteiger partial charge in [-0.15, -0.1) is 12.4 Å². The Labute approximate surface area is 93.8 Å². The summed E-state index contributed by atoms with van der Waals surface area (Å²) in [6, 6.07) is 6.35. The zero-order chi connectivity index (χ0) is 10.6. The van der Waals surface area contributed by atoms with Crippen LogP contribution < -0.4 is 10.5 Å². The van der Waals surface area contributed by atoms with E-state index in [1.807, 2.05) is 6.92 Å². The molecule has 0 radical (unpaired) electrons. The van der Waals surface area contributed by atoms with Crippen LogP contribution in [-0.2, 0) is 0 Å². The fourth-order valence-electron chi connectivity index (χ4n) is 1.16. The molecule has 0 bridgehead atoms. The third kappa shape index (κ3) is 4.44. The average molecular weight is 238 g/mol. The van der Waals surface area contributed by atoms with E-state index in [0.717, 1.165) is 12.0 Å². The van der Waals surface area contributed by atoms with Gasteiger partial charge in [-0.3, -0.25) is 0 Å². The van der Waals surface area contributed by atoms with E-state index in [2.05, 4.69) is 4.74 Å². The van der Waals surface area contributed by atoms with Gasteiger partial charge in [-0.05, 0) is 24.1 Å². The number of hydrogen-bond acceptors (Lipinski definition) is 2. The Bertz CT molecular complexity index is 297. The second-order valence-electron chi connectivity index (χ2n) is 2.97. The van der Waals surface area contributed by atoms with Crippen molar-refractivity contribution >= 4 is 12.4 Å². The van der Waals surface area contributed by atoms with Gasteiger partial charge in [-0.1, -0.05) is 19.1 Å². The van der Waals surface area contributed by atoms with Crippen LogP contribution in [0.5, 0.6) is 5.75 Å². The largest absolute Gasteiger partial charge is 0.435 e. The van der Waals surface area contributed by atoms with Gasteiger partial charge in [0.25, 0.3) is 0 Å². The van der Waals surface area contributed by atoms with E-state index in [1.54, 1.807) is 18.2 Å². The van der Waals surface area contributed by atoms with E-state index in [4.69, 9.17) is 5.73 Å². The van der Waals surface area contributed by atoms with Gasteiger partial charge >= 0.3 is 6.61 Å². The molecule has 0 spiro atoms. The van der Waals surface area contributed by atoms with Crippen LogP contribution in [0.3, 0.4) is 0 Å². The number of nitrogens with two attached hydrogens (primary N) is 1. The monoisotopic (exact) mass is 237 g/mol. The molecule has 0 aromatic heterocycles. The molecule has 0 aliphatic rings. The van der Waals surface area contributed by atoms with Gasteiger partial charge in [-0.2, -0.15) is 8.78 Å². The van der Waals surface area contributed by atoms with Crippen molar-refractivity contribution in [2.75, 3.05) is 0 Å². The highest BCUT2D eigenvalue weighted by atomic mass is 35.5. The van der Waals surface area contributed by atoms with Crippen LogP contribution >= 0.6 is 12.4 Å². The van der Waals surface area contributed by atoms with E-state index in [0.29, 0.717) is 0 Å². The second kappa shape index (κ2) is 6.58. The summed E-state index contributed by atoms with van der Waals surface area (Å²) in [7, 11) is 0.